The number of carbonyl (C=O) groups excluding carboxylic acids is 2. The smallest absolute Gasteiger partial charge is 0.471 e. The van der Waals surface area contributed by atoms with Crippen LogP contribution in [0.1, 0.15) is 51.3 Å². The molecule has 1 heterocycles. The van der Waals surface area contributed by atoms with Gasteiger partial charge in [-0.25, -0.2) is 4.79 Å². The first-order chi connectivity index (χ1) is 18.7. The SMILES string of the molecule is CCOc1ccccc1OC(CNC(C)Cc1cc(C#N)c2c(c1)CCN2C(=O)C(F)(F)F)C(=O)OC(C)(C)C. The fourth-order valence-corrected chi connectivity index (χ4v) is 4.42. The van der Waals surface area contributed by atoms with E-state index in [9.17, 15) is 28.0 Å². The molecule has 1 aliphatic rings. The lowest BCUT2D eigenvalue weighted by Crippen LogP contribution is -2.44. The fourth-order valence-electron chi connectivity index (χ4n) is 4.42. The average molecular weight is 562 g/mol. The maximum Gasteiger partial charge on any atom is 0.471 e. The molecule has 0 saturated carbocycles. The summed E-state index contributed by atoms with van der Waals surface area (Å²) in [5.41, 5.74) is 0.524. The second-order valence-corrected chi connectivity index (χ2v) is 10.5. The minimum atomic E-state index is -5.03. The number of hydrogen-bond acceptors (Lipinski definition) is 7. The van der Waals surface area contributed by atoms with Crippen LogP contribution in [0.4, 0.5) is 18.9 Å². The van der Waals surface area contributed by atoms with Gasteiger partial charge in [0.05, 0.1) is 17.9 Å². The van der Waals surface area contributed by atoms with Crippen molar-refractivity contribution < 1.29 is 37.0 Å². The molecule has 11 heteroatoms. The second kappa shape index (κ2) is 12.6. The minimum Gasteiger partial charge on any atom is -0.490 e. The van der Waals surface area contributed by atoms with Crippen LogP contribution in [0.5, 0.6) is 11.5 Å². The van der Waals surface area contributed by atoms with Crippen LogP contribution in [-0.4, -0.2) is 55.5 Å². The van der Waals surface area contributed by atoms with Crippen LogP contribution in [0.25, 0.3) is 0 Å². The van der Waals surface area contributed by atoms with Crippen molar-refractivity contribution in [2.75, 3.05) is 24.6 Å². The molecule has 216 valence electrons. The van der Waals surface area contributed by atoms with Gasteiger partial charge in [-0.1, -0.05) is 18.2 Å². The molecule has 0 saturated heterocycles. The molecule has 0 bridgehead atoms. The standard InChI is InChI=1S/C29H34F3N3O5/c1-6-38-22-9-7-8-10-23(22)39-24(26(36)40-28(3,4)5)17-34-18(2)13-19-14-20-11-12-35(27(37)29(30,31)32)25(20)21(15-19)16-33/h7-10,14-15,18,24,34H,6,11-13,17H2,1-5H3. The molecule has 8 nitrogen and oxygen atoms in total. The number of amides is 1. The lowest BCUT2D eigenvalue weighted by molar-refractivity contribution is -0.170. The summed E-state index contributed by atoms with van der Waals surface area (Å²) in [7, 11) is 0. The zero-order valence-electron chi connectivity index (χ0n) is 23.2. The molecule has 2 aromatic carbocycles. The molecule has 1 aliphatic heterocycles. The highest BCUT2D eigenvalue weighted by molar-refractivity contribution is 6.00. The Hall–Kier alpha value is -3.78. The number of alkyl halides is 3. The van der Waals surface area contributed by atoms with Crippen LogP contribution in [0.2, 0.25) is 0 Å². The summed E-state index contributed by atoms with van der Waals surface area (Å²) in [4.78, 5) is 25.5. The van der Waals surface area contributed by atoms with Gasteiger partial charge in [-0.3, -0.25) is 4.79 Å². The summed E-state index contributed by atoms with van der Waals surface area (Å²) >= 11 is 0. The number of nitriles is 1. The summed E-state index contributed by atoms with van der Waals surface area (Å²) in [6.45, 7) is 9.37. The van der Waals surface area contributed by atoms with E-state index in [2.05, 4.69) is 5.32 Å². The van der Waals surface area contributed by atoms with E-state index in [0.717, 1.165) is 0 Å². The Morgan fingerprint density at radius 1 is 1.15 bits per heavy atom. The molecule has 0 aromatic heterocycles. The quantitative estimate of drug-likeness (QED) is 0.419. The number of halogens is 3. The summed E-state index contributed by atoms with van der Waals surface area (Å²) in [6, 6.07) is 11.9. The molecule has 1 N–H and O–H groups in total. The Balaban J connectivity index is 1.75. The largest absolute Gasteiger partial charge is 0.490 e. The number of rotatable bonds is 10. The van der Waals surface area contributed by atoms with Gasteiger partial charge in [0.2, 0.25) is 6.10 Å². The van der Waals surface area contributed by atoms with Crippen molar-refractivity contribution in [2.45, 2.75) is 71.4 Å². The van der Waals surface area contributed by atoms with Crippen LogP contribution < -0.4 is 19.7 Å². The van der Waals surface area contributed by atoms with E-state index in [1.54, 1.807) is 51.1 Å². The molecule has 3 rings (SSSR count). The minimum absolute atomic E-state index is 0.0114. The number of benzene rings is 2. The number of carbonyl (C=O) groups is 2. The highest BCUT2D eigenvalue weighted by Gasteiger charge is 2.45. The molecule has 40 heavy (non-hydrogen) atoms. The fraction of sp³-hybridized carbons (Fsp3) is 0.483. The van der Waals surface area contributed by atoms with Crippen molar-refractivity contribution in [1.82, 2.24) is 5.32 Å². The predicted molar refractivity (Wildman–Crippen MR) is 142 cm³/mol. The number of nitrogens with one attached hydrogen (secondary N) is 1. The first-order valence-electron chi connectivity index (χ1n) is 13.0. The van der Waals surface area contributed by atoms with Gasteiger partial charge in [0.15, 0.2) is 11.5 Å². The monoisotopic (exact) mass is 561 g/mol. The molecule has 2 unspecified atom stereocenters. The van der Waals surface area contributed by atoms with Crippen molar-refractivity contribution in [3.8, 4) is 17.6 Å². The number of para-hydroxylation sites is 2. The van der Waals surface area contributed by atoms with E-state index >= 15 is 0 Å². The van der Waals surface area contributed by atoms with Gasteiger partial charge in [0.1, 0.15) is 11.7 Å². The van der Waals surface area contributed by atoms with Crippen LogP contribution in [0.15, 0.2) is 36.4 Å². The molecular weight excluding hydrogens is 527 g/mol. The Morgan fingerprint density at radius 3 is 2.42 bits per heavy atom. The summed E-state index contributed by atoms with van der Waals surface area (Å²) < 4.78 is 56.3. The van der Waals surface area contributed by atoms with Gasteiger partial charge >= 0.3 is 18.1 Å². The van der Waals surface area contributed by atoms with Crippen LogP contribution in [-0.2, 0) is 27.2 Å². The molecule has 2 aromatic rings. The van der Waals surface area contributed by atoms with Crippen LogP contribution in [0, 0.1) is 11.3 Å². The normalized spacial score (nSPS) is 14.6. The van der Waals surface area contributed by atoms with Crippen molar-refractivity contribution >= 4 is 17.6 Å². The topological polar surface area (TPSA) is 101 Å². The van der Waals surface area contributed by atoms with Crippen molar-refractivity contribution in [2.24, 2.45) is 0 Å². The maximum absolute atomic E-state index is 13.0. The van der Waals surface area contributed by atoms with E-state index < -0.39 is 29.8 Å². The Morgan fingerprint density at radius 2 is 1.82 bits per heavy atom. The van der Waals surface area contributed by atoms with Gasteiger partial charge in [-0.05, 0) is 76.8 Å². The van der Waals surface area contributed by atoms with E-state index in [-0.39, 0.29) is 36.8 Å². The highest BCUT2D eigenvalue weighted by atomic mass is 19.4. The third-order valence-electron chi connectivity index (χ3n) is 6.01. The van der Waals surface area contributed by atoms with Crippen LogP contribution >= 0.6 is 0 Å². The Kier molecular flexibility index (Phi) is 9.69. The third kappa shape index (κ3) is 7.88. The van der Waals surface area contributed by atoms with Crippen molar-refractivity contribution in [3.63, 3.8) is 0 Å². The zero-order chi connectivity index (χ0) is 29.7. The predicted octanol–water partition coefficient (Wildman–Crippen LogP) is 4.72. The van der Waals surface area contributed by atoms with E-state index in [1.807, 2.05) is 19.9 Å². The number of nitrogens with zero attached hydrogens (tertiary/aromatic N) is 2. The maximum atomic E-state index is 13.0. The Labute approximate surface area is 232 Å². The molecule has 0 radical (unpaired) electrons. The van der Waals surface area contributed by atoms with Crippen molar-refractivity contribution in [1.29, 1.82) is 5.26 Å². The third-order valence-corrected chi connectivity index (χ3v) is 6.01. The summed E-state index contributed by atoms with van der Waals surface area (Å²) in [5.74, 6) is -1.65. The molecule has 0 aliphatic carbocycles. The number of fused-ring (bicyclic) bond motifs is 1. The molecular formula is C29H34F3N3O5. The second-order valence-electron chi connectivity index (χ2n) is 10.5. The van der Waals surface area contributed by atoms with E-state index in [0.29, 0.717) is 40.6 Å². The molecule has 2 atom stereocenters. The number of anilines is 1. The van der Waals surface area contributed by atoms with E-state index in [1.165, 1.54) is 6.07 Å². The van der Waals surface area contributed by atoms with Gasteiger partial charge in [-0.2, -0.15) is 18.4 Å². The van der Waals surface area contributed by atoms with Crippen molar-refractivity contribution in [3.05, 3.63) is 53.1 Å². The number of hydrogen-bond donors (Lipinski definition) is 1. The highest BCUT2D eigenvalue weighted by Crippen LogP contribution is 2.36. The van der Waals surface area contributed by atoms with E-state index in [4.69, 9.17) is 14.2 Å². The summed E-state index contributed by atoms with van der Waals surface area (Å²) in [6.07, 6.45) is -5.40. The first-order valence-corrected chi connectivity index (χ1v) is 13.0. The van der Waals surface area contributed by atoms with Crippen LogP contribution in [0.3, 0.4) is 0 Å². The van der Waals surface area contributed by atoms with Gasteiger partial charge in [-0.15, -0.1) is 0 Å². The van der Waals surface area contributed by atoms with Gasteiger partial charge in [0.25, 0.3) is 0 Å². The lowest BCUT2D eigenvalue weighted by Gasteiger charge is -2.26. The summed E-state index contributed by atoms with van der Waals surface area (Å²) in [5, 5.41) is 12.9. The molecule has 1 amide bonds. The average Bonchev–Trinajstić information content (AvgIpc) is 3.28. The molecule has 0 fully saturated rings. The molecule has 0 spiro atoms. The lowest BCUT2D eigenvalue weighted by atomic mass is 9.99. The van der Waals surface area contributed by atoms with Gasteiger partial charge < -0.3 is 24.4 Å². The Bertz CT molecular complexity index is 1270. The number of esters is 1. The first kappa shape index (κ1) is 30.8. The zero-order valence-corrected chi connectivity index (χ0v) is 23.2. The van der Waals surface area contributed by atoms with Gasteiger partial charge in [0, 0.05) is 19.1 Å². The number of ether oxygens (including phenoxy) is 3.